The summed E-state index contributed by atoms with van der Waals surface area (Å²) in [5, 5.41) is 15.5. The average molecular weight is 520 g/mol. The second-order valence-electron chi connectivity index (χ2n) is 7.10. The molecule has 1 atom stereocenters. The van der Waals surface area contributed by atoms with Crippen LogP contribution in [0, 0.1) is 0 Å². The first-order chi connectivity index (χ1) is 16.3. The maximum absolute atomic E-state index is 12.6. The standard InChI is InChI=1S/C23H23Cl2N5O3S/c1-4-11-30-21(14(2)26-22(32)16-7-5-6-8-17(16)25)28-29-23(30)34-13-20(31)27-18-12-15(24)9-10-19(18)33-3/h4-10,12,14H,1,11,13H2,2-3H3,(H,26,32)(H,27,31)/t14-/m0/s1. The molecule has 1 heterocycles. The van der Waals surface area contributed by atoms with Crippen molar-refractivity contribution in [2.24, 2.45) is 0 Å². The van der Waals surface area contributed by atoms with Gasteiger partial charge in [-0.3, -0.25) is 9.59 Å². The molecule has 0 aliphatic rings. The third-order valence-electron chi connectivity index (χ3n) is 4.68. The normalized spacial score (nSPS) is 11.5. The van der Waals surface area contributed by atoms with E-state index in [4.69, 9.17) is 27.9 Å². The Morgan fingerprint density at radius 2 is 2.00 bits per heavy atom. The molecule has 0 bridgehead atoms. The Labute approximate surface area is 211 Å². The Hall–Kier alpha value is -3.01. The number of thioether (sulfide) groups is 1. The molecule has 178 valence electrons. The van der Waals surface area contributed by atoms with Crippen LogP contribution in [0.4, 0.5) is 5.69 Å². The Balaban J connectivity index is 1.69. The zero-order valence-electron chi connectivity index (χ0n) is 18.5. The molecule has 0 saturated carbocycles. The van der Waals surface area contributed by atoms with Gasteiger partial charge in [-0.25, -0.2) is 0 Å². The van der Waals surface area contributed by atoms with E-state index in [1.165, 1.54) is 18.9 Å². The van der Waals surface area contributed by atoms with Crippen molar-refractivity contribution >= 4 is 52.5 Å². The Kier molecular flexibility index (Phi) is 8.98. The minimum atomic E-state index is -0.463. The molecule has 3 rings (SSSR count). The second kappa shape index (κ2) is 11.9. The predicted octanol–water partition coefficient (Wildman–Crippen LogP) is 5.00. The van der Waals surface area contributed by atoms with Crippen molar-refractivity contribution in [2.75, 3.05) is 18.2 Å². The minimum absolute atomic E-state index is 0.0747. The highest BCUT2D eigenvalue weighted by Gasteiger charge is 2.21. The molecule has 2 N–H and O–H groups in total. The molecule has 1 aromatic heterocycles. The molecule has 0 aliphatic heterocycles. The first-order valence-corrected chi connectivity index (χ1v) is 11.9. The number of hydrogen-bond acceptors (Lipinski definition) is 6. The van der Waals surface area contributed by atoms with E-state index in [9.17, 15) is 9.59 Å². The van der Waals surface area contributed by atoms with Crippen molar-refractivity contribution in [3.05, 3.63) is 76.6 Å². The Bertz CT molecular complexity index is 1200. The number of nitrogens with one attached hydrogen (secondary N) is 2. The zero-order chi connectivity index (χ0) is 24.7. The molecular weight excluding hydrogens is 497 g/mol. The van der Waals surface area contributed by atoms with Gasteiger partial charge in [0, 0.05) is 11.6 Å². The predicted molar refractivity (Wildman–Crippen MR) is 135 cm³/mol. The maximum atomic E-state index is 12.6. The number of methoxy groups -OCH3 is 1. The lowest BCUT2D eigenvalue weighted by Gasteiger charge is -2.16. The van der Waals surface area contributed by atoms with E-state index in [1.54, 1.807) is 60.0 Å². The molecule has 0 radical (unpaired) electrons. The summed E-state index contributed by atoms with van der Waals surface area (Å²) in [4.78, 5) is 25.2. The summed E-state index contributed by atoms with van der Waals surface area (Å²) in [5.74, 6) is 0.518. The van der Waals surface area contributed by atoms with Crippen LogP contribution in [-0.4, -0.2) is 39.4 Å². The fraction of sp³-hybridized carbons (Fsp3) is 0.217. The number of ether oxygens (including phenoxy) is 1. The number of anilines is 1. The van der Waals surface area contributed by atoms with Gasteiger partial charge in [-0.1, -0.05) is 53.2 Å². The largest absolute Gasteiger partial charge is 0.495 e. The van der Waals surface area contributed by atoms with Crippen LogP contribution in [0.15, 0.2) is 60.3 Å². The first-order valence-electron chi connectivity index (χ1n) is 10.2. The summed E-state index contributed by atoms with van der Waals surface area (Å²) in [6, 6.07) is 11.3. The Morgan fingerprint density at radius 3 is 2.71 bits per heavy atom. The van der Waals surface area contributed by atoms with Crippen LogP contribution in [0.3, 0.4) is 0 Å². The van der Waals surface area contributed by atoms with Crippen molar-refractivity contribution in [2.45, 2.75) is 24.7 Å². The fourth-order valence-electron chi connectivity index (χ4n) is 3.11. The number of amides is 2. The summed E-state index contributed by atoms with van der Waals surface area (Å²) >= 11 is 13.4. The van der Waals surface area contributed by atoms with Gasteiger partial charge in [-0.05, 0) is 37.3 Å². The minimum Gasteiger partial charge on any atom is -0.495 e. The van der Waals surface area contributed by atoms with Gasteiger partial charge in [-0.15, -0.1) is 16.8 Å². The van der Waals surface area contributed by atoms with Crippen molar-refractivity contribution in [1.29, 1.82) is 0 Å². The molecule has 0 fully saturated rings. The van der Waals surface area contributed by atoms with E-state index in [0.717, 1.165) is 0 Å². The van der Waals surface area contributed by atoms with Gasteiger partial charge in [0.25, 0.3) is 5.91 Å². The summed E-state index contributed by atoms with van der Waals surface area (Å²) < 4.78 is 7.05. The number of nitrogens with zero attached hydrogens (tertiary/aromatic N) is 3. The van der Waals surface area contributed by atoms with Gasteiger partial charge < -0.3 is 19.9 Å². The number of hydrogen-bond donors (Lipinski definition) is 2. The summed E-state index contributed by atoms with van der Waals surface area (Å²) in [7, 11) is 1.51. The number of carbonyl (C=O) groups is 2. The van der Waals surface area contributed by atoms with Crippen molar-refractivity contribution in [1.82, 2.24) is 20.1 Å². The van der Waals surface area contributed by atoms with Gasteiger partial charge in [0.05, 0.1) is 35.2 Å². The number of aromatic nitrogens is 3. The molecule has 2 aromatic carbocycles. The van der Waals surface area contributed by atoms with E-state index in [-0.39, 0.29) is 17.6 Å². The highest BCUT2D eigenvalue weighted by atomic mass is 35.5. The van der Waals surface area contributed by atoms with Crippen LogP contribution >= 0.6 is 35.0 Å². The van der Waals surface area contributed by atoms with E-state index >= 15 is 0 Å². The SMILES string of the molecule is C=CCn1c(SCC(=O)Nc2cc(Cl)ccc2OC)nnc1[C@H](C)NC(=O)c1ccccc1Cl. The van der Waals surface area contributed by atoms with Crippen molar-refractivity contribution < 1.29 is 14.3 Å². The summed E-state index contributed by atoms with van der Waals surface area (Å²) in [6.45, 7) is 5.98. The number of benzene rings is 2. The number of halogens is 2. The topological polar surface area (TPSA) is 98.1 Å². The lowest BCUT2D eigenvalue weighted by molar-refractivity contribution is -0.113. The number of carbonyl (C=O) groups excluding carboxylic acids is 2. The van der Waals surface area contributed by atoms with Crippen LogP contribution < -0.4 is 15.4 Å². The highest BCUT2D eigenvalue weighted by Crippen LogP contribution is 2.28. The van der Waals surface area contributed by atoms with Crippen LogP contribution in [0.2, 0.25) is 10.0 Å². The van der Waals surface area contributed by atoms with Gasteiger partial charge in [0.15, 0.2) is 11.0 Å². The summed E-state index contributed by atoms with van der Waals surface area (Å²) in [6.07, 6.45) is 1.69. The summed E-state index contributed by atoms with van der Waals surface area (Å²) in [5.41, 5.74) is 0.846. The van der Waals surface area contributed by atoms with Crippen LogP contribution in [0.5, 0.6) is 5.75 Å². The van der Waals surface area contributed by atoms with Crippen LogP contribution in [-0.2, 0) is 11.3 Å². The number of allylic oxidation sites excluding steroid dienone is 1. The molecule has 0 saturated heterocycles. The van der Waals surface area contributed by atoms with Crippen LogP contribution in [0.1, 0.15) is 29.1 Å². The monoisotopic (exact) mass is 519 g/mol. The molecule has 11 heteroatoms. The molecule has 8 nitrogen and oxygen atoms in total. The molecule has 0 unspecified atom stereocenters. The third-order valence-corrected chi connectivity index (χ3v) is 6.21. The molecule has 2 amide bonds. The van der Waals surface area contributed by atoms with Crippen LogP contribution in [0.25, 0.3) is 0 Å². The second-order valence-corrected chi connectivity index (χ2v) is 8.88. The van der Waals surface area contributed by atoms with E-state index in [2.05, 4.69) is 27.4 Å². The van der Waals surface area contributed by atoms with Gasteiger partial charge >= 0.3 is 0 Å². The lowest BCUT2D eigenvalue weighted by Crippen LogP contribution is -2.29. The van der Waals surface area contributed by atoms with Gasteiger partial charge in [0.1, 0.15) is 5.75 Å². The van der Waals surface area contributed by atoms with E-state index < -0.39 is 6.04 Å². The van der Waals surface area contributed by atoms with E-state index in [1.807, 2.05) is 0 Å². The van der Waals surface area contributed by atoms with E-state index in [0.29, 0.717) is 44.6 Å². The van der Waals surface area contributed by atoms with Crippen molar-refractivity contribution in [3.63, 3.8) is 0 Å². The Morgan fingerprint density at radius 1 is 1.24 bits per heavy atom. The average Bonchev–Trinajstić information content (AvgIpc) is 3.21. The smallest absolute Gasteiger partial charge is 0.253 e. The van der Waals surface area contributed by atoms with Gasteiger partial charge in [0.2, 0.25) is 5.91 Å². The quantitative estimate of drug-likeness (QED) is 0.288. The highest BCUT2D eigenvalue weighted by molar-refractivity contribution is 7.99. The molecule has 0 aliphatic carbocycles. The number of rotatable bonds is 10. The maximum Gasteiger partial charge on any atom is 0.253 e. The molecule has 3 aromatic rings. The lowest BCUT2D eigenvalue weighted by atomic mass is 10.2. The molecule has 34 heavy (non-hydrogen) atoms. The van der Waals surface area contributed by atoms with Crippen molar-refractivity contribution in [3.8, 4) is 5.75 Å². The molecular formula is C23H23Cl2N5O3S. The zero-order valence-corrected chi connectivity index (χ0v) is 20.9. The van der Waals surface area contributed by atoms with Gasteiger partial charge in [-0.2, -0.15) is 0 Å². The molecule has 0 spiro atoms. The fourth-order valence-corrected chi connectivity index (χ4v) is 4.25. The first kappa shape index (κ1) is 25.6. The third kappa shape index (κ3) is 6.31.